The summed E-state index contributed by atoms with van der Waals surface area (Å²) in [6, 6.07) is 5.73. The molecule has 1 aromatic rings. The molecule has 1 N–H and O–H groups in total. The Bertz CT molecular complexity index is 362. The van der Waals surface area contributed by atoms with Gasteiger partial charge >= 0.3 is 0 Å². The zero-order valence-electron chi connectivity index (χ0n) is 13.1. The number of likely N-dealkylation sites (tertiary alicyclic amines) is 1. The Morgan fingerprint density at radius 3 is 2.90 bits per heavy atom. The normalized spacial score (nSPS) is 21.7. The molecular formula is C16H29N3S. The van der Waals surface area contributed by atoms with Crippen molar-refractivity contribution in [3.8, 4) is 0 Å². The van der Waals surface area contributed by atoms with Crippen LogP contribution in [-0.4, -0.2) is 54.6 Å². The van der Waals surface area contributed by atoms with E-state index in [1.54, 1.807) is 0 Å². The minimum absolute atomic E-state index is 0.635. The molecule has 4 heteroatoms. The molecular weight excluding hydrogens is 266 g/mol. The van der Waals surface area contributed by atoms with Crippen LogP contribution in [0.3, 0.4) is 0 Å². The summed E-state index contributed by atoms with van der Waals surface area (Å²) in [5, 5.41) is 5.74. The molecule has 1 aromatic heterocycles. The third kappa shape index (κ3) is 4.29. The maximum absolute atomic E-state index is 3.59. The van der Waals surface area contributed by atoms with E-state index in [9.17, 15) is 0 Å². The predicted octanol–water partition coefficient (Wildman–Crippen LogP) is 2.64. The standard InChI is InChI=1S/C16H29N3S/c1-4-18(5-2)15-8-9-19(13-15)14(3)11-17-12-16-7-6-10-20-16/h6-7,10,14-15,17H,4-5,8-9,11-13H2,1-3H3. The molecule has 0 bridgehead atoms. The van der Waals surface area contributed by atoms with Gasteiger partial charge in [-0.3, -0.25) is 9.80 Å². The molecule has 3 nitrogen and oxygen atoms in total. The van der Waals surface area contributed by atoms with E-state index in [4.69, 9.17) is 0 Å². The minimum atomic E-state index is 0.635. The van der Waals surface area contributed by atoms with Crippen molar-refractivity contribution < 1.29 is 0 Å². The summed E-state index contributed by atoms with van der Waals surface area (Å²) in [6.07, 6.45) is 1.33. The zero-order chi connectivity index (χ0) is 14.4. The van der Waals surface area contributed by atoms with E-state index in [-0.39, 0.29) is 0 Å². The number of nitrogens with zero attached hydrogens (tertiary/aromatic N) is 2. The van der Waals surface area contributed by atoms with E-state index in [1.165, 1.54) is 37.5 Å². The Morgan fingerprint density at radius 2 is 2.25 bits per heavy atom. The quantitative estimate of drug-likeness (QED) is 0.795. The van der Waals surface area contributed by atoms with Crippen molar-refractivity contribution in [3.63, 3.8) is 0 Å². The molecule has 2 heterocycles. The molecule has 0 spiro atoms. The molecule has 1 aliphatic heterocycles. The van der Waals surface area contributed by atoms with Gasteiger partial charge in [-0.15, -0.1) is 11.3 Å². The van der Waals surface area contributed by atoms with Crippen LogP contribution in [0.25, 0.3) is 0 Å². The lowest BCUT2D eigenvalue weighted by molar-refractivity contribution is 0.191. The first-order chi connectivity index (χ1) is 9.74. The maximum Gasteiger partial charge on any atom is 0.0300 e. The Balaban J connectivity index is 1.69. The first kappa shape index (κ1) is 16.0. The fourth-order valence-corrected chi connectivity index (χ4v) is 3.83. The van der Waals surface area contributed by atoms with Gasteiger partial charge in [0.2, 0.25) is 0 Å². The minimum Gasteiger partial charge on any atom is -0.310 e. The number of hydrogen-bond donors (Lipinski definition) is 1. The summed E-state index contributed by atoms with van der Waals surface area (Å²) in [7, 11) is 0. The number of rotatable bonds is 8. The summed E-state index contributed by atoms with van der Waals surface area (Å²) in [6.45, 7) is 13.9. The zero-order valence-corrected chi connectivity index (χ0v) is 14.0. The van der Waals surface area contributed by atoms with Crippen molar-refractivity contribution in [1.82, 2.24) is 15.1 Å². The van der Waals surface area contributed by atoms with Crippen LogP contribution in [0.5, 0.6) is 0 Å². The van der Waals surface area contributed by atoms with E-state index >= 15 is 0 Å². The summed E-state index contributed by atoms with van der Waals surface area (Å²) in [5.41, 5.74) is 0. The average Bonchev–Trinajstić information content (AvgIpc) is 3.11. The second kappa shape index (κ2) is 8.13. The van der Waals surface area contributed by atoms with Crippen molar-refractivity contribution in [1.29, 1.82) is 0 Å². The molecule has 1 saturated heterocycles. The van der Waals surface area contributed by atoms with Gasteiger partial charge < -0.3 is 5.32 Å². The molecule has 0 radical (unpaired) electrons. The molecule has 2 unspecified atom stereocenters. The summed E-state index contributed by atoms with van der Waals surface area (Å²) >= 11 is 1.83. The maximum atomic E-state index is 3.59. The van der Waals surface area contributed by atoms with E-state index in [2.05, 4.69) is 53.4 Å². The van der Waals surface area contributed by atoms with Gasteiger partial charge in [0.1, 0.15) is 0 Å². The number of likely N-dealkylation sites (N-methyl/N-ethyl adjacent to an activating group) is 1. The summed E-state index contributed by atoms with van der Waals surface area (Å²) in [5.74, 6) is 0. The van der Waals surface area contributed by atoms with Gasteiger partial charge in [0.05, 0.1) is 0 Å². The van der Waals surface area contributed by atoms with Gasteiger partial charge in [0, 0.05) is 43.1 Å². The van der Waals surface area contributed by atoms with E-state index in [0.717, 1.165) is 19.1 Å². The van der Waals surface area contributed by atoms with Gasteiger partial charge in [-0.25, -0.2) is 0 Å². The van der Waals surface area contributed by atoms with Gasteiger partial charge in [0.25, 0.3) is 0 Å². The summed E-state index contributed by atoms with van der Waals surface area (Å²) in [4.78, 5) is 6.68. The van der Waals surface area contributed by atoms with Crippen molar-refractivity contribution in [2.45, 2.75) is 45.8 Å². The predicted molar refractivity (Wildman–Crippen MR) is 88.4 cm³/mol. The molecule has 114 valence electrons. The largest absolute Gasteiger partial charge is 0.310 e. The van der Waals surface area contributed by atoms with Crippen LogP contribution in [0.2, 0.25) is 0 Å². The molecule has 0 aliphatic carbocycles. The summed E-state index contributed by atoms with van der Waals surface area (Å²) < 4.78 is 0. The number of thiophene rings is 1. The Morgan fingerprint density at radius 1 is 1.45 bits per heavy atom. The number of nitrogens with one attached hydrogen (secondary N) is 1. The number of hydrogen-bond acceptors (Lipinski definition) is 4. The van der Waals surface area contributed by atoms with Gasteiger partial charge in [-0.2, -0.15) is 0 Å². The highest BCUT2D eigenvalue weighted by Crippen LogP contribution is 2.17. The average molecular weight is 295 g/mol. The molecule has 1 fully saturated rings. The van der Waals surface area contributed by atoms with Crippen molar-refractivity contribution in [2.24, 2.45) is 0 Å². The molecule has 0 aromatic carbocycles. The van der Waals surface area contributed by atoms with Crippen LogP contribution >= 0.6 is 11.3 Å². The first-order valence-electron chi connectivity index (χ1n) is 7.95. The molecule has 1 aliphatic rings. The highest BCUT2D eigenvalue weighted by atomic mass is 32.1. The van der Waals surface area contributed by atoms with Crippen LogP contribution in [0, 0.1) is 0 Å². The first-order valence-corrected chi connectivity index (χ1v) is 8.83. The SMILES string of the molecule is CCN(CC)C1CCN(C(C)CNCc2cccs2)C1. The molecule has 0 saturated carbocycles. The van der Waals surface area contributed by atoms with Crippen LogP contribution in [0.4, 0.5) is 0 Å². The van der Waals surface area contributed by atoms with E-state index in [1.807, 2.05) is 11.3 Å². The fraction of sp³-hybridized carbons (Fsp3) is 0.750. The second-order valence-electron chi connectivity index (χ2n) is 5.72. The third-order valence-electron chi connectivity index (χ3n) is 4.47. The lowest BCUT2D eigenvalue weighted by Crippen LogP contribution is -2.42. The molecule has 0 amide bonds. The van der Waals surface area contributed by atoms with E-state index < -0.39 is 0 Å². The Hall–Kier alpha value is -0.420. The third-order valence-corrected chi connectivity index (χ3v) is 5.34. The van der Waals surface area contributed by atoms with Crippen LogP contribution < -0.4 is 5.32 Å². The topological polar surface area (TPSA) is 18.5 Å². The van der Waals surface area contributed by atoms with Gasteiger partial charge in [-0.05, 0) is 37.9 Å². The smallest absolute Gasteiger partial charge is 0.0300 e. The second-order valence-corrected chi connectivity index (χ2v) is 6.75. The van der Waals surface area contributed by atoms with E-state index in [0.29, 0.717) is 6.04 Å². The molecule has 2 atom stereocenters. The highest BCUT2D eigenvalue weighted by molar-refractivity contribution is 7.09. The molecule has 20 heavy (non-hydrogen) atoms. The van der Waals surface area contributed by atoms with Crippen molar-refractivity contribution in [3.05, 3.63) is 22.4 Å². The Kier molecular flexibility index (Phi) is 6.49. The Labute approximate surface area is 128 Å². The van der Waals surface area contributed by atoms with Crippen LogP contribution in [0.15, 0.2) is 17.5 Å². The lowest BCUT2D eigenvalue weighted by atomic mass is 10.2. The van der Waals surface area contributed by atoms with Crippen LogP contribution in [-0.2, 0) is 6.54 Å². The van der Waals surface area contributed by atoms with Gasteiger partial charge in [0.15, 0.2) is 0 Å². The van der Waals surface area contributed by atoms with Crippen molar-refractivity contribution in [2.75, 3.05) is 32.7 Å². The molecule has 2 rings (SSSR count). The lowest BCUT2D eigenvalue weighted by Gasteiger charge is -2.28. The fourth-order valence-electron chi connectivity index (χ4n) is 3.15. The van der Waals surface area contributed by atoms with Crippen molar-refractivity contribution >= 4 is 11.3 Å². The monoisotopic (exact) mass is 295 g/mol. The highest BCUT2D eigenvalue weighted by Gasteiger charge is 2.28. The van der Waals surface area contributed by atoms with Crippen LogP contribution in [0.1, 0.15) is 32.1 Å². The van der Waals surface area contributed by atoms with Gasteiger partial charge in [-0.1, -0.05) is 19.9 Å².